The van der Waals surface area contributed by atoms with Crippen molar-refractivity contribution in [3.05, 3.63) is 46.2 Å². The van der Waals surface area contributed by atoms with E-state index in [1.54, 1.807) is 32.0 Å². The first kappa shape index (κ1) is 16.0. The molecule has 0 saturated heterocycles. The maximum Gasteiger partial charge on any atom is 0.129 e. The van der Waals surface area contributed by atoms with Crippen LogP contribution in [0.1, 0.15) is 18.2 Å². The quantitative estimate of drug-likeness (QED) is 0.865. The maximum absolute atomic E-state index is 11.0. The molecule has 2 aromatic rings. The van der Waals surface area contributed by atoms with Gasteiger partial charge in [0.1, 0.15) is 11.4 Å². The van der Waals surface area contributed by atoms with E-state index in [4.69, 9.17) is 9.47 Å². The second-order valence-corrected chi connectivity index (χ2v) is 5.71. The molecule has 0 bridgehead atoms. The lowest BCUT2D eigenvalue weighted by Crippen LogP contribution is -2.28. The normalized spacial score (nSPS) is 14.0. The third kappa shape index (κ3) is 3.28. The molecule has 1 heterocycles. The molecule has 0 aliphatic heterocycles. The molecule has 0 aliphatic rings. The van der Waals surface area contributed by atoms with Crippen molar-refractivity contribution < 1.29 is 14.6 Å². The van der Waals surface area contributed by atoms with Gasteiger partial charge in [0, 0.05) is 7.11 Å². The zero-order valence-electron chi connectivity index (χ0n) is 12.3. The number of methoxy groups -OCH3 is 2. The molecule has 0 amide bonds. The molecule has 0 saturated carbocycles. The molecule has 2 rings (SSSR count). The summed E-state index contributed by atoms with van der Waals surface area (Å²) >= 11 is 3.46. The van der Waals surface area contributed by atoms with Crippen LogP contribution in [-0.2, 0) is 16.9 Å². The Kier molecular flexibility index (Phi) is 5.03. The van der Waals surface area contributed by atoms with Gasteiger partial charge in [-0.25, -0.2) is 0 Å². The fraction of sp³-hybridized carbons (Fsp3) is 0.400. The van der Waals surface area contributed by atoms with Crippen LogP contribution in [0.4, 0.5) is 0 Å². The first-order valence-electron chi connectivity index (χ1n) is 6.58. The van der Waals surface area contributed by atoms with Gasteiger partial charge in [0.2, 0.25) is 0 Å². The van der Waals surface area contributed by atoms with Gasteiger partial charge in [-0.05, 0) is 40.5 Å². The first-order valence-corrected chi connectivity index (χ1v) is 7.37. The summed E-state index contributed by atoms with van der Waals surface area (Å²) in [6.07, 6.45) is 1.68. The van der Waals surface area contributed by atoms with Crippen LogP contribution in [-0.4, -0.2) is 35.7 Å². The molecule has 114 valence electrons. The lowest BCUT2D eigenvalue weighted by Gasteiger charge is -2.26. The number of aliphatic hydroxyl groups is 1. The average Bonchev–Trinajstić information content (AvgIpc) is 2.86. The van der Waals surface area contributed by atoms with Crippen LogP contribution >= 0.6 is 15.9 Å². The van der Waals surface area contributed by atoms with E-state index < -0.39 is 5.60 Å². The molecular weight excluding hydrogens is 336 g/mol. The highest BCUT2D eigenvalue weighted by molar-refractivity contribution is 9.10. The summed E-state index contributed by atoms with van der Waals surface area (Å²) in [6, 6.07) is 7.35. The smallest absolute Gasteiger partial charge is 0.129 e. The molecule has 6 heteroatoms. The van der Waals surface area contributed by atoms with E-state index in [-0.39, 0.29) is 0 Å². The Bertz CT molecular complexity index is 593. The molecule has 1 N–H and O–H groups in total. The van der Waals surface area contributed by atoms with Crippen molar-refractivity contribution in [2.24, 2.45) is 0 Å². The molecule has 5 nitrogen and oxygen atoms in total. The molecule has 1 aromatic carbocycles. The van der Waals surface area contributed by atoms with Crippen LogP contribution in [0, 0.1) is 0 Å². The molecule has 1 aromatic heterocycles. The molecular formula is C15H19BrN2O3. The van der Waals surface area contributed by atoms with Crippen molar-refractivity contribution in [1.82, 2.24) is 9.78 Å². The van der Waals surface area contributed by atoms with Crippen LogP contribution in [0.2, 0.25) is 0 Å². The van der Waals surface area contributed by atoms with E-state index in [1.165, 1.54) is 0 Å². The van der Waals surface area contributed by atoms with Crippen molar-refractivity contribution in [2.75, 3.05) is 20.8 Å². The third-order valence-corrected chi connectivity index (χ3v) is 4.00. The van der Waals surface area contributed by atoms with Gasteiger partial charge in [-0.15, -0.1) is 0 Å². The van der Waals surface area contributed by atoms with Crippen molar-refractivity contribution in [3.63, 3.8) is 0 Å². The Morgan fingerprint density at radius 3 is 2.52 bits per heavy atom. The summed E-state index contributed by atoms with van der Waals surface area (Å²) in [7, 11) is 3.25. The van der Waals surface area contributed by atoms with Crippen LogP contribution in [0.3, 0.4) is 0 Å². The number of rotatable bonds is 6. The number of nitrogens with zero attached hydrogens (tertiary/aromatic N) is 2. The predicted molar refractivity (Wildman–Crippen MR) is 83.5 cm³/mol. The minimum Gasteiger partial charge on any atom is -0.497 e. The topological polar surface area (TPSA) is 56.5 Å². The van der Waals surface area contributed by atoms with Crippen molar-refractivity contribution in [2.45, 2.75) is 19.1 Å². The highest BCUT2D eigenvalue weighted by Gasteiger charge is 2.32. The van der Waals surface area contributed by atoms with E-state index >= 15 is 0 Å². The zero-order valence-corrected chi connectivity index (χ0v) is 13.9. The van der Waals surface area contributed by atoms with Crippen LogP contribution < -0.4 is 4.74 Å². The summed E-state index contributed by atoms with van der Waals surface area (Å²) in [5.41, 5.74) is 0.294. The van der Waals surface area contributed by atoms with Gasteiger partial charge in [0.25, 0.3) is 0 Å². The number of aromatic nitrogens is 2. The maximum atomic E-state index is 11.0. The van der Waals surface area contributed by atoms with E-state index in [0.717, 1.165) is 15.8 Å². The van der Waals surface area contributed by atoms with Crippen LogP contribution in [0.15, 0.2) is 34.9 Å². The number of halogens is 1. The van der Waals surface area contributed by atoms with Gasteiger partial charge in [0.05, 0.1) is 36.6 Å². The number of ether oxygens (including phenoxy) is 2. The standard InChI is InChI=1S/C15H19BrN2O3/c1-15(19,11-4-6-12(21-3)7-5-11)14-13(16)10-17-18(14)8-9-20-2/h4-7,10,19H,8-9H2,1-3H3. The van der Waals surface area contributed by atoms with Crippen molar-refractivity contribution in [1.29, 1.82) is 0 Å². The number of hydrogen-bond acceptors (Lipinski definition) is 4. The van der Waals surface area contributed by atoms with Gasteiger partial charge in [0.15, 0.2) is 0 Å². The Morgan fingerprint density at radius 1 is 1.29 bits per heavy atom. The molecule has 0 fully saturated rings. The lowest BCUT2D eigenvalue weighted by atomic mass is 9.92. The SMILES string of the molecule is COCCn1ncc(Br)c1C(C)(O)c1ccc(OC)cc1. The second-order valence-electron chi connectivity index (χ2n) is 4.86. The fourth-order valence-electron chi connectivity index (χ4n) is 2.25. The lowest BCUT2D eigenvalue weighted by molar-refractivity contribution is 0.0874. The second kappa shape index (κ2) is 6.60. The highest BCUT2D eigenvalue weighted by atomic mass is 79.9. The van der Waals surface area contributed by atoms with E-state index in [2.05, 4.69) is 21.0 Å². The van der Waals surface area contributed by atoms with Gasteiger partial charge in [-0.3, -0.25) is 4.68 Å². The van der Waals surface area contributed by atoms with E-state index in [0.29, 0.717) is 18.8 Å². The molecule has 0 spiro atoms. The average molecular weight is 355 g/mol. The predicted octanol–water partition coefficient (Wildman–Crippen LogP) is 2.56. The van der Waals surface area contributed by atoms with Crippen molar-refractivity contribution >= 4 is 15.9 Å². The summed E-state index contributed by atoms with van der Waals surface area (Å²) < 4.78 is 12.7. The van der Waals surface area contributed by atoms with Gasteiger partial charge in [-0.1, -0.05) is 12.1 Å². The minimum atomic E-state index is -1.17. The third-order valence-electron chi connectivity index (χ3n) is 3.42. The Hall–Kier alpha value is -1.37. The van der Waals surface area contributed by atoms with E-state index in [9.17, 15) is 5.11 Å². The molecule has 0 aliphatic carbocycles. The van der Waals surface area contributed by atoms with E-state index in [1.807, 2.05) is 24.3 Å². The van der Waals surface area contributed by atoms with Gasteiger partial charge >= 0.3 is 0 Å². The molecule has 21 heavy (non-hydrogen) atoms. The highest BCUT2D eigenvalue weighted by Crippen LogP contribution is 2.34. The summed E-state index contributed by atoms with van der Waals surface area (Å²) in [6.45, 7) is 2.85. The van der Waals surface area contributed by atoms with Gasteiger partial charge < -0.3 is 14.6 Å². The number of hydrogen-bond donors (Lipinski definition) is 1. The van der Waals surface area contributed by atoms with Crippen molar-refractivity contribution in [3.8, 4) is 5.75 Å². The first-order chi connectivity index (χ1) is 10.0. The zero-order chi connectivity index (χ0) is 15.5. The monoisotopic (exact) mass is 354 g/mol. The molecule has 0 radical (unpaired) electrons. The molecule has 1 atom stereocenters. The summed E-state index contributed by atoms with van der Waals surface area (Å²) in [4.78, 5) is 0. The Labute approximate surface area is 132 Å². The number of benzene rings is 1. The van der Waals surface area contributed by atoms with Crippen LogP contribution in [0.5, 0.6) is 5.75 Å². The fourth-order valence-corrected chi connectivity index (χ4v) is 2.93. The largest absolute Gasteiger partial charge is 0.497 e. The summed E-state index contributed by atoms with van der Waals surface area (Å²) in [5.74, 6) is 0.751. The Balaban J connectivity index is 2.39. The van der Waals surface area contributed by atoms with Gasteiger partial charge in [-0.2, -0.15) is 5.10 Å². The Morgan fingerprint density at radius 2 is 1.95 bits per heavy atom. The summed E-state index contributed by atoms with van der Waals surface area (Å²) in [5, 5.41) is 15.3. The van der Waals surface area contributed by atoms with Crippen LogP contribution in [0.25, 0.3) is 0 Å². The molecule has 1 unspecified atom stereocenters. The minimum absolute atomic E-state index is 0.528.